The van der Waals surface area contributed by atoms with E-state index in [0.717, 1.165) is 45.1 Å². The zero-order chi connectivity index (χ0) is 14.1. The number of halogens is 2. The van der Waals surface area contributed by atoms with Crippen LogP contribution in [0, 0.1) is 0 Å². The fourth-order valence-corrected chi connectivity index (χ4v) is 4.13. The molecule has 4 rings (SSSR count). The lowest BCUT2D eigenvalue weighted by molar-refractivity contribution is 0.273. The Bertz CT molecular complexity index is 513. The molecule has 5 nitrogen and oxygen atoms in total. The lowest BCUT2D eigenvalue weighted by Gasteiger charge is -2.28. The van der Waals surface area contributed by atoms with E-state index >= 15 is 0 Å². The summed E-state index contributed by atoms with van der Waals surface area (Å²) in [4.78, 5) is 14.4. The van der Waals surface area contributed by atoms with Crippen LogP contribution in [0.3, 0.4) is 0 Å². The highest BCUT2D eigenvalue weighted by Crippen LogP contribution is 2.27. The van der Waals surface area contributed by atoms with Crippen molar-refractivity contribution < 1.29 is 0 Å². The van der Waals surface area contributed by atoms with E-state index in [1.54, 1.807) is 6.33 Å². The molecule has 0 aromatic carbocycles. The minimum Gasteiger partial charge on any atom is -0.355 e. The summed E-state index contributed by atoms with van der Waals surface area (Å²) in [5.41, 5.74) is 2.66. The molecule has 0 amide bonds. The molecule has 23 heavy (non-hydrogen) atoms. The van der Waals surface area contributed by atoms with E-state index < -0.39 is 0 Å². The van der Waals surface area contributed by atoms with Crippen molar-refractivity contribution in [3.05, 3.63) is 17.6 Å². The molecule has 2 fully saturated rings. The van der Waals surface area contributed by atoms with E-state index in [1.165, 1.54) is 49.4 Å². The Balaban J connectivity index is 0.000000960. The number of hydrogen-bond acceptors (Lipinski definition) is 5. The van der Waals surface area contributed by atoms with Gasteiger partial charge < -0.3 is 10.2 Å². The summed E-state index contributed by atoms with van der Waals surface area (Å²) in [6.07, 6.45) is 7.85. The van der Waals surface area contributed by atoms with Crippen LogP contribution in [0.25, 0.3) is 0 Å². The molecule has 0 unspecified atom stereocenters. The summed E-state index contributed by atoms with van der Waals surface area (Å²) in [5, 5.41) is 3.48. The number of nitrogens with one attached hydrogen (secondary N) is 1. The number of anilines is 1. The molecule has 2 saturated heterocycles. The average molecular weight is 360 g/mol. The Kier molecular flexibility index (Phi) is 6.89. The molecule has 130 valence electrons. The second-order valence-electron chi connectivity index (χ2n) is 6.50. The molecule has 0 aliphatic carbocycles. The molecule has 4 heterocycles. The van der Waals surface area contributed by atoms with Gasteiger partial charge >= 0.3 is 0 Å². The lowest BCUT2D eigenvalue weighted by Crippen LogP contribution is -2.37. The van der Waals surface area contributed by atoms with Crippen molar-refractivity contribution in [1.82, 2.24) is 20.2 Å². The predicted molar refractivity (Wildman–Crippen MR) is 98.2 cm³/mol. The zero-order valence-corrected chi connectivity index (χ0v) is 15.2. The lowest BCUT2D eigenvalue weighted by atomic mass is 10.1. The Hall–Kier alpha value is -0.620. The van der Waals surface area contributed by atoms with Gasteiger partial charge in [-0.2, -0.15) is 0 Å². The van der Waals surface area contributed by atoms with Crippen molar-refractivity contribution >= 4 is 30.6 Å². The predicted octanol–water partition coefficient (Wildman–Crippen LogP) is 1.68. The van der Waals surface area contributed by atoms with Gasteiger partial charge in [-0.3, -0.25) is 4.90 Å². The molecule has 0 saturated carbocycles. The van der Waals surface area contributed by atoms with Gasteiger partial charge in [0.25, 0.3) is 0 Å². The van der Waals surface area contributed by atoms with Crippen molar-refractivity contribution in [3.63, 3.8) is 0 Å². The Morgan fingerprint density at radius 1 is 1.00 bits per heavy atom. The molecule has 1 atom stereocenters. The van der Waals surface area contributed by atoms with Crippen LogP contribution in [0.4, 0.5) is 5.82 Å². The van der Waals surface area contributed by atoms with Crippen LogP contribution in [-0.4, -0.2) is 60.2 Å². The summed E-state index contributed by atoms with van der Waals surface area (Å²) < 4.78 is 0. The Labute approximate surface area is 151 Å². The largest absolute Gasteiger partial charge is 0.355 e. The van der Waals surface area contributed by atoms with Crippen molar-refractivity contribution in [2.75, 3.05) is 44.2 Å². The van der Waals surface area contributed by atoms with Gasteiger partial charge in [0.1, 0.15) is 12.1 Å². The molecule has 7 heteroatoms. The van der Waals surface area contributed by atoms with E-state index in [1.807, 2.05) is 0 Å². The van der Waals surface area contributed by atoms with Crippen LogP contribution < -0.4 is 10.2 Å². The second kappa shape index (κ2) is 8.47. The van der Waals surface area contributed by atoms with Gasteiger partial charge in [-0.1, -0.05) is 0 Å². The van der Waals surface area contributed by atoms with Gasteiger partial charge in [-0.25, -0.2) is 9.97 Å². The number of rotatable bonds is 1. The third-order valence-electron chi connectivity index (χ3n) is 5.21. The smallest absolute Gasteiger partial charge is 0.135 e. The van der Waals surface area contributed by atoms with Crippen LogP contribution in [0.15, 0.2) is 6.33 Å². The molecule has 1 aromatic rings. The fraction of sp³-hybridized carbons (Fsp3) is 0.750. The maximum atomic E-state index is 4.68. The normalized spacial score (nSPS) is 24.5. The quantitative estimate of drug-likeness (QED) is 0.826. The highest BCUT2D eigenvalue weighted by molar-refractivity contribution is 5.85. The third-order valence-corrected chi connectivity index (χ3v) is 5.21. The Morgan fingerprint density at radius 2 is 1.83 bits per heavy atom. The summed E-state index contributed by atoms with van der Waals surface area (Å²) in [6, 6.07) is 0.738. The molecule has 3 aliphatic rings. The summed E-state index contributed by atoms with van der Waals surface area (Å²) in [7, 11) is 0. The zero-order valence-electron chi connectivity index (χ0n) is 13.5. The highest BCUT2D eigenvalue weighted by atomic mass is 35.5. The van der Waals surface area contributed by atoms with E-state index in [9.17, 15) is 0 Å². The summed E-state index contributed by atoms with van der Waals surface area (Å²) in [5.74, 6) is 1.22. The van der Waals surface area contributed by atoms with Gasteiger partial charge in [0.15, 0.2) is 0 Å². The first kappa shape index (κ1) is 18.7. The fourth-order valence-electron chi connectivity index (χ4n) is 4.13. The van der Waals surface area contributed by atoms with E-state index in [2.05, 4.69) is 25.1 Å². The first-order valence-electron chi connectivity index (χ1n) is 8.44. The maximum absolute atomic E-state index is 4.68. The SMILES string of the molecule is Cl.Cl.c1nc2c(c(N3CCCN4CCC[C@H]4C3)n1)CCNCC2. The molecule has 3 aliphatic heterocycles. The summed E-state index contributed by atoms with van der Waals surface area (Å²) >= 11 is 0. The van der Waals surface area contributed by atoms with Crippen LogP contribution >= 0.6 is 24.8 Å². The molecular formula is C16H27Cl2N5. The minimum absolute atomic E-state index is 0. The van der Waals surface area contributed by atoms with Gasteiger partial charge in [0, 0.05) is 44.2 Å². The van der Waals surface area contributed by atoms with Crippen LogP contribution in [-0.2, 0) is 12.8 Å². The second-order valence-corrected chi connectivity index (χ2v) is 6.50. The van der Waals surface area contributed by atoms with Gasteiger partial charge in [0.2, 0.25) is 0 Å². The number of nitrogens with zero attached hydrogens (tertiary/aromatic N) is 4. The maximum Gasteiger partial charge on any atom is 0.135 e. The van der Waals surface area contributed by atoms with Crippen LogP contribution in [0.2, 0.25) is 0 Å². The molecule has 1 aromatic heterocycles. The van der Waals surface area contributed by atoms with Crippen LogP contribution in [0.5, 0.6) is 0 Å². The molecule has 1 N–H and O–H groups in total. The Morgan fingerprint density at radius 3 is 2.74 bits per heavy atom. The topological polar surface area (TPSA) is 44.3 Å². The number of fused-ring (bicyclic) bond motifs is 2. The molecule has 0 spiro atoms. The van der Waals surface area contributed by atoms with E-state index in [-0.39, 0.29) is 24.8 Å². The third kappa shape index (κ3) is 3.90. The van der Waals surface area contributed by atoms with Crippen molar-refractivity contribution in [3.8, 4) is 0 Å². The average Bonchev–Trinajstić information content (AvgIpc) is 2.73. The minimum atomic E-state index is 0. The highest BCUT2D eigenvalue weighted by Gasteiger charge is 2.30. The number of hydrogen-bond donors (Lipinski definition) is 1. The molecule has 0 bridgehead atoms. The van der Waals surface area contributed by atoms with Gasteiger partial charge in [-0.05, 0) is 38.8 Å². The molecule has 0 radical (unpaired) electrons. The standard InChI is InChI=1S/C16H25N5.2ClH/c1-3-13-11-21(10-2-9-20(13)8-1)16-14-4-6-17-7-5-15(14)18-12-19-16;;/h12-13,17H,1-11H2;2*1H/t13-;;/m0../s1. The van der Waals surface area contributed by atoms with E-state index in [0.29, 0.717) is 0 Å². The van der Waals surface area contributed by atoms with Gasteiger partial charge in [0.05, 0.1) is 5.69 Å². The number of aromatic nitrogens is 2. The van der Waals surface area contributed by atoms with Crippen molar-refractivity contribution in [2.24, 2.45) is 0 Å². The first-order valence-corrected chi connectivity index (χ1v) is 8.44. The van der Waals surface area contributed by atoms with Crippen molar-refractivity contribution in [1.29, 1.82) is 0 Å². The summed E-state index contributed by atoms with van der Waals surface area (Å²) in [6.45, 7) is 6.94. The monoisotopic (exact) mass is 359 g/mol. The first-order chi connectivity index (χ1) is 10.4. The van der Waals surface area contributed by atoms with E-state index in [4.69, 9.17) is 0 Å². The van der Waals surface area contributed by atoms with Crippen LogP contribution in [0.1, 0.15) is 30.5 Å². The molecular weight excluding hydrogens is 333 g/mol. The van der Waals surface area contributed by atoms with Gasteiger partial charge in [-0.15, -0.1) is 24.8 Å². The van der Waals surface area contributed by atoms with Crippen molar-refractivity contribution in [2.45, 2.75) is 38.1 Å².